The summed E-state index contributed by atoms with van der Waals surface area (Å²) in [5, 5.41) is 4.41. The van der Waals surface area contributed by atoms with Crippen molar-refractivity contribution in [3.8, 4) is 0 Å². The number of hydrogen-bond acceptors (Lipinski definition) is 6. The number of nitrogens with zero attached hydrogens (tertiary/aromatic N) is 1. The molecule has 34 heavy (non-hydrogen) atoms. The average molecular weight is 606 g/mol. The van der Waals surface area contributed by atoms with Crippen LogP contribution in [0.1, 0.15) is 70.3 Å². The molecule has 0 heterocycles. The first-order chi connectivity index (χ1) is 15.7. The first-order valence-electron chi connectivity index (χ1n) is 11.4. The Hall–Kier alpha value is -1.61. The van der Waals surface area contributed by atoms with E-state index in [1.54, 1.807) is 53.7 Å². The molecule has 0 aliphatic heterocycles. The summed E-state index contributed by atoms with van der Waals surface area (Å²) in [6.45, 7) is 14.2. The van der Waals surface area contributed by atoms with Gasteiger partial charge in [-0.05, 0) is 78.6 Å². The molecule has 0 saturated heterocycles. The van der Waals surface area contributed by atoms with E-state index >= 15 is 0 Å². The van der Waals surface area contributed by atoms with Crippen molar-refractivity contribution in [2.75, 3.05) is 28.6 Å². The van der Waals surface area contributed by atoms with Crippen LogP contribution >= 0.6 is 31.9 Å². The maximum atomic E-state index is 13.0. The number of hydrogen-bond donors (Lipinski definition) is 1. The Kier molecular flexibility index (Phi) is 12.1. The molecule has 1 aromatic rings. The third-order valence-corrected chi connectivity index (χ3v) is 5.27. The largest absolute Gasteiger partial charge is 0.460 e. The number of esters is 2. The van der Waals surface area contributed by atoms with Crippen LogP contribution in [0.3, 0.4) is 0 Å². The number of aryl methyl sites for hydroxylation is 1. The number of halogens is 2. The van der Waals surface area contributed by atoms with Crippen LogP contribution in [0.15, 0.2) is 18.2 Å². The first-order valence-corrected chi connectivity index (χ1v) is 13.6. The highest BCUT2D eigenvalue weighted by Gasteiger charge is 2.28. The maximum absolute atomic E-state index is 13.0. The van der Waals surface area contributed by atoms with Crippen molar-refractivity contribution >= 4 is 55.4 Å². The molecule has 7 nitrogen and oxygen atoms in total. The van der Waals surface area contributed by atoms with Crippen LogP contribution in [0.4, 0.5) is 5.69 Å². The van der Waals surface area contributed by atoms with Gasteiger partial charge in [0.15, 0.2) is 0 Å². The summed E-state index contributed by atoms with van der Waals surface area (Å²) in [4.78, 5) is 40.2. The summed E-state index contributed by atoms with van der Waals surface area (Å²) in [7, 11) is 0. The van der Waals surface area contributed by atoms with E-state index in [4.69, 9.17) is 9.47 Å². The molecule has 0 spiro atoms. The molecule has 0 aliphatic carbocycles. The van der Waals surface area contributed by atoms with E-state index in [0.29, 0.717) is 5.56 Å². The van der Waals surface area contributed by atoms with Gasteiger partial charge in [0.05, 0.1) is 0 Å². The monoisotopic (exact) mass is 604 g/mol. The molecule has 1 aromatic carbocycles. The molecule has 192 valence electrons. The predicted molar refractivity (Wildman–Crippen MR) is 143 cm³/mol. The molecule has 0 fully saturated rings. The molecule has 0 radical (unpaired) electrons. The van der Waals surface area contributed by atoms with Crippen LogP contribution in [-0.2, 0) is 19.1 Å². The Morgan fingerprint density at radius 2 is 1.53 bits per heavy atom. The Balaban J connectivity index is 3.03. The van der Waals surface area contributed by atoms with E-state index < -0.39 is 35.1 Å². The van der Waals surface area contributed by atoms with Gasteiger partial charge in [-0.15, -0.1) is 0 Å². The first kappa shape index (κ1) is 30.4. The molecule has 1 unspecified atom stereocenters. The minimum absolute atomic E-state index is 0.0204. The highest BCUT2D eigenvalue weighted by atomic mass is 79.9. The fourth-order valence-corrected chi connectivity index (χ4v) is 4.08. The smallest absolute Gasteiger partial charge is 0.329 e. The van der Waals surface area contributed by atoms with Crippen LogP contribution in [0.2, 0.25) is 0 Å². The molecule has 1 rings (SSSR count). The zero-order valence-electron chi connectivity index (χ0n) is 21.3. The lowest BCUT2D eigenvalue weighted by Gasteiger charge is -2.26. The van der Waals surface area contributed by atoms with E-state index in [9.17, 15) is 14.4 Å². The summed E-state index contributed by atoms with van der Waals surface area (Å²) < 4.78 is 10.8. The number of carbonyl (C=O) groups is 3. The number of nitrogens with one attached hydrogen (secondary N) is 1. The highest BCUT2D eigenvalue weighted by molar-refractivity contribution is 9.09. The lowest BCUT2D eigenvalue weighted by Crippen LogP contribution is -2.44. The van der Waals surface area contributed by atoms with Gasteiger partial charge < -0.3 is 19.7 Å². The molecule has 0 bridgehead atoms. The second-order valence-corrected chi connectivity index (χ2v) is 11.6. The zero-order chi connectivity index (χ0) is 26.1. The number of ether oxygens (including phenoxy) is 2. The summed E-state index contributed by atoms with van der Waals surface area (Å²) in [5.74, 6) is -1.42. The number of rotatable bonds is 11. The van der Waals surface area contributed by atoms with Crippen molar-refractivity contribution in [1.29, 1.82) is 0 Å². The molecular formula is C25H38Br2N2O5. The molecule has 0 aliphatic rings. The van der Waals surface area contributed by atoms with Gasteiger partial charge >= 0.3 is 11.9 Å². The molecule has 1 N–H and O–H groups in total. The van der Waals surface area contributed by atoms with E-state index in [1.807, 2.05) is 13.0 Å². The standard InChI is InChI=1S/C25H38Br2N2O5/c1-17-16-18(8-10-20(17)29(14-12-26)15-13-27)22(31)28-19(23(32)34-25(5,6)7)9-11-21(30)33-24(2,3)4/h8,10,16,19H,9,11-15H2,1-7H3,(H,28,31). The number of carbonyl (C=O) groups excluding carboxylic acids is 3. The quantitative estimate of drug-likeness (QED) is 0.277. The van der Waals surface area contributed by atoms with Crippen LogP contribution in [0.5, 0.6) is 0 Å². The van der Waals surface area contributed by atoms with E-state index in [-0.39, 0.29) is 12.8 Å². The topological polar surface area (TPSA) is 84.9 Å². The normalized spacial score (nSPS) is 12.6. The van der Waals surface area contributed by atoms with Crippen molar-refractivity contribution in [2.45, 2.75) is 78.6 Å². The lowest BCUT2D eigenvalue weighted by atomic mass is 10.1. The zero-order valence-corrected chi connectivity index (χ0v) is 24.5. The van der Waals surface area contributed by atoms with Gasteiger partial charge in [-0.3, -0.25) is 9.59 Å². The van der Waals surface area contributed by atoms with Gasteiger partial charge in [-0.25, -0.2) is 4.79 Å². The van der Waals surface area contributed by atoms with Gasteiger partial charge in [0.25, 0.3) is 5.91 Å². The Bertz CT molecular complexity index is 841. The summed E-state index contributed by atoms with van der Waals surface area (Å²) in [6.07, 6.45) is 0.0599. The minimum Gasteiger partial charge on any atom is -0.460 e. The Morgan fingerprint density at radius 3 is 2.00 bits per heavy atom. The third-order valence-electron chi connectivity index (χ3n) is 4.56. The van der Waals surface area contributed by atoms with Gasteiger partial charge in [-0.2, -0.15) is 0 Å². The highest BCUT2D eigenvalue weighted by Crippen LogP contribution is 2.22. The molecular weight excluding hydrogens is 568 g/mol. The van der Waals surface area contributed by atoms with Gasteiger partial charge in [-0.1, -0.05) is 31.9 Å². The van der Waals surface area contributed by atoms with Gasteiger partial charge in [0, 0.05) is 41.4 Å². The van der Waals surface area contributed by atoms with E-state index in [2.05, 4.69) is 42.1 Å². The van der Waals surface area contributed by atoms with Crippen LogP contribution in [-0.4, -0.2) is 58.8 Å². The predicted octanol–water partition coefficient (Wildman–Crippen LogP) is 5.15. The van der Waals surface area contributed by atoms with Gasteiger partial charge in [0.1, 0.15) is 17.2 Å². The Morgan fingerprint density at radius 1 is 0.971 bits per heavy atom. The molecule has 9 heteroatoms. The summed E-state index contributed by atoms with van der Waals surface area (Å²) in [6, 6.07) is 4.49. The van der Waals surface area contributed by atoms with Crippen molar-refractivity contribution in [2.24, 2.45) is 0 Å². The van der Waals surface area contributed by atoms with Crippen molar-refractivity contribution in [1.82, 2.24) is 5.32 Å². The van der Waals surface area contributed by atoms with Crippen molar-refractivity contribution in [3.63, 3.8) is 0 Å². The lowest BCUT2D eigenvalue weighted by molar-refractivity contribution is -0.158. The molecule has 0 saturated carbocycles. The molecule has 0 aromatic heterocycles. The van der Waals surface area contributed by atoms with Crippen molar-refractivity contribution in [3.05, 3.63) is 29.3 Å². The maximum Gasteiger partial charge on any atom is 0.329 e. The number of alkyl halides is 2. The summed E-state index contributed by atoms with van der Waals surface area (Å²) >= 11 is 6.97. The van der Waals surface area contributed by atoms with Crippen LogP contribution in [0.25, 0.3) is 0 Å². The van der Waals surface area contributed by atoms with Gasteiger partial charge in [0.2, 0.25) is 0 Å². The summed E-state index contributed by atoms with van der Waals surface area (Å²) in [5.41, 5.74) is 1.09. The Labute approximate surface area is 220 Å². The molecule has 1 amide bonds. The molecule has 1 atom stereocenters. The average Bonchev–Trinajstić information content (AvgIpc) is 2.68. The number of benzene rings is 1. The van der Waals surface area contributed by atoms with Crippen molar-refractivity contribution < 1.29 is 23.9 Å². The van der Waals surface area contributed by atoms with Crippen LogP contribution < -0.4 is 10.2 Å². The second-order valence-electron chi connectivity index (χ2n) is 10.1. The van der Waals surface area contributed by atoms with E-state index in [1.165, 1.54) is 0 Å². The third kappa shape index (κ3) is 11.2. The number of anilines is 1. The number of amides is 1. The fraction of sp³-hybridized carbons (Fsp3) is 0.640. The minimum atomic E-state index is -0.975. The SMILES string of the molecule is Cc1cc(C(=O)NC(CCC(=O)OC(C)(C)C)C(=O)OC(C)(C)C)ccc1N(CCBr)CCBr. The second kappa shape index (κ2) is 13.5. The van der Waals surface area contributed by atoms with E-state index in [0.717, 1.165) is 35.0 Å². The van der Waals surface area contributed by atoms with Crippen LogP contribution in [0, 0.1) is 6.92 Å². The fourth-order valence-electron chi connectivity index (χ4n) is 3.23.